The van der Waals surface area contributed by atoms with Crippen molar-refractivity contribution >= 4 is 15.9 Å². The van der Waals surface area contributed by atoms with Gasteiger partial charge in [-0.1, -0.05) is 54.8 Å². The molecule has 0 aromatic heterocycles. The summed E-state index contributed by atoms with van der Waals surface area (Å²) in [6.07, 6.45) is 2.91. The van der Waals surface area contributed by atoms with Crippen LogP contribution in [0.3, 0.4) is 0 Å². The molecule has 2 unspecified atom stereocenters. The highest BCUT2D eigenvalue weighted by Gasteiger charge is 2.12. The maximum absolute atomic E-state index is 10.1. The largest absolute Gasteiger partial charge is 0.388 e. The van der Waals surface area contributed by atoms with Crippen molar-refractivity contribution in [1.29, 1.82) is 0 Å². The Morgan fingerprint density at radius 1 is 1.38 bits per heavy atom. The molecule has 0 bridgehead atoms. The van der Waals surface area contributed by atoms with Crippen LogP contribution in [0.2, 0.25) is 0 Å². The van der Waals surface area contributed by atoms with Crippen molar-refractivity contribution in [2.45, 2.75) is 46.1 Å². The molecule has 2 heteroatoms. The molecule has 1 nitrogen and oxygen atoms in total. The minimum atomic E-state index is -0.326. The summed E-state index contributed by atoms with van der Waals surface area (Å²) in [5.74, 6) is 0.587. The average Bonchev–Trinajstić information content (AvgIpc) is 2.22. The Kier molecular flexibility index (Phi) is 5.50. The zero-order valence-electron chi connectivity index (χ0n) is 10.3. The van der Waals surface area contributed by atoms with Gasteiger partial charge in [0.05, 0.1) is 6.10 Å². The van der Waals surface area contributed by atoms with Gasteiger partial charge in [0.15, 0.2) is 0 Å². The minimum absolute atomic E-state index is 0.326. The molecule has 0 radical (unpaired) electrons. The quantitative estimate of drug-likeness (QED) is 0.837. The molecule has 90 valence electrons. The van der Waals surface area contributed by atoms with Crippen LogP contribution in [0.4, 0.5) is 0 Å². The van der Waals surface area contributed by atoms with Gasteiger partial charge in [-0.25, -0.2) is 0 Å². The van der Waals surface area contributed by atoms with Crippen molar-refractivity contribution in [2.75, 3.05) is 0 Å². The molecule has 1 N–H and O–H groups in total. The summed E-state index contributed by atoms with van der Waals surface area (Å²) in [6.45, 7) is 6.45. The second-order valence-corrected chi connectivity index (χ2v) is 5.51. The number of aryl methyl sites for hydroxylation is 1. The van der Waals surface area contributed by atoms with E-state index in [2.05, 4.69) is 42.8 Å². The lowest BCUT2D eigenvalue weighted by Gasteiger charge is -2.16. The van der Waals surface area contributed by atoms with Crippen molar-refractivity contribution in [3.05, 3.63) is 33.8 Å². The van der Waals surface area contributed by atoms with E-state index >= 15 is 0 Å². The van der Waals surface area contributed by atoms with Gasteiger partial charge in [0.2, 0.25) is 0 Å². The summed E-state index contributed by atoms with van der Waals surface area (Å²) < 4.78 is 1.10. The lowest BCUT2D eigenvalue weighted by Crippen LogP contribution is -2.04. The first-order valence-electron chi connectivity index (χ1n) is 5.98. The monoisotopic (exact) mass is 284 g/mol. The zero-order chi connectivity index (χ0) is 12.1. The minimum Gasteiger partial charge on any atom is -0.388 e. The molecular formula is C14H21BrO. The second kappa shape index (κ2) is 6.41. The topological polar surface area (TPSA) is 20.2 Å². The maximum atomic E-state index is 10.1. The fourth-order valence-corrected chi connectivity index (χ4v) is 2.25. The summed E-state index contributed by atoms with van der Waals surface area (Å²) >= 11 is 3.47. The number of aliphatic hydroxyl groups is 1. The third-order valence-electron chi connectivity index (χ3n) is 2.97. The Morgan fingerprint density at radius 2 is 2.06 bits per heavy atom. The Morgan fingerprint density at radius 3 is 2.62 bits per heavy atom. The van der Waals surface area contributed by atoms with Crippen LogP contribution in [-0.4, -0.2) is 5.11 Å². The van der Waals surface area contributed by atoms with E-state index in [-0.39, 0.29) is 6.10 Å². The van der Waals surface area contributed by atoms with Gasteiger partial charge < -0.3 is 5.11 Å². The standard InChI is InChI=1S/C14H21BrO/c1-4-5-10(2)8-14(16)12-6-7-13(15)11(3)9-12/h6-7,9-10,14,16H,4-5,8H2,1-3H3. The molecule has 16 heavy (non-hydrogen) atoms. The van der Waals surface area contributed by atoms with Crippen LogP contribution < -0.4 is 0 Å². The Bertz CT molecular complexity index is 336. The molecule has 0 aliphatic carbocycles. The van der Waals surface area contributed by atoms with Gasteiger partial charge in [-0.3, -0.25) is 0 Å². The summed E-state index contributed by atoms with van der Waals surface area (Å²) in [6, 6.07) is 6.08. The highest BCUT2D eigenvalue weighted by Crippen LogP contribution is 2.26. The number of hydrogen-bond acceptors (Lipinski definition) is 1. The number of benzene rings is 1. The number of aliphatic hydroxyl groups excluding tert-OH is 1. The van der Waals surface area contributed by atoms with Crippen LogP contribution in [0, 0.1) is 12.8 Å². The first-order valence-corrected chi connectivity index (χ1v) is 6.78. The van der Waals surface area contributed by atoms with E-state index in [1.54, 1.807) is 0 Å². The fourth-order valence-electron chi connectivity index (χ4n) is 2.00. The number of hydrogen-bond donors (Lipinski definition) is 1. The first-order chi connectivity index (χ1) is 7.54. The third kappa shape index (κ3) is 3.91. The normalized spacial score (nSPS) is 14.8. The molecular weight excluding hydrogens is 264 g/mol. The number of halogens is 1. The first kappa shape index (κ1) is 13.7. The molecule has 0 amide bonds. The highest BCUT2D eigenvalue weighted by molar-refractivity contribution is 9.10. The van der Waals surface area contributed by atoms with Crippen molar-refractivity contribution in [3.63, 3.8) is 0 Å². The lowest BCUT2D eigenvalue weighted by molar-refractivity contribution is 0.145. The Hall–Kier alpha value is -0.340. The van der Waals surface area contributed by atoms with Gasteiger partial charge in [-0.15, -0.1) is 0 Å². The predicted octanol–water partition coefficient (Wildman–Crippen LogP) is 4.62. The summed E-state index contributed by atoms with van der Waals surface area (Å²) in [5, 5.41) is 10.1. The van der Waals surface area contributed by atoms with Gasteiger partial charge >= 0.3 is 0 Å². The van der Waals surface area contributed by atoms with Crippen molar-refractivity contribution in [2.24, 2.45) is 5.92 Å². The Balaban J connectivity index is 2.65. The summed E-state index contributed by atoms with van der Waals surface area (Å²) in [7, 11) is 0. The van der Waals surface area contributed by atoms with Gasteiger partial charge in [0, 0.05) is 4.47 Å². The van der Waals surface area contributed by atoms with Crippen LogP contribution in [-0.2, 0) is 0 Å². The third-order valence-corrected chi connectivity index (χ3v) is 3.86. The average molecular weight is 285 g/mol. The molecule has 0 spiro atoms. The smallest absolute Gasteiger partial charge is 0.0792 e. The molecule has 0 saturated carbocycles. The molecule has 2 atom stereocenters. The molecule has 0 aliphatic rings. The van der Waals surface area contributed by atoms with Crippen molar-refractivity contribution < 1.29 is 5.11 Å². The van der Waals surface area contributed by atoms with Gasteiger partial charge in [-0.2, -0.15) is 0 Å². The van der Waals surface area contributed by atoms with Crippen LogP contribution >= 0.6 is 15.9 Å². The van der Waals surface area contributed by atoms with Crippen LogP contribution in [0.25, 0.3) is 0 Å². The van der Waals surface area contributed by atoms with Gasteiger partial charge in [0.25, 0.3) is 0 Å². The molecule has 0 saturated heterocycles. The van der Waals surface area contributed by atoms with Gasteiger partial charge in [0.1, 0.15) is 0 Å². The molecule has 1 aromatic carbocycles. The molecule has 1 aromatic rings. The van der Waals surface area contributed by atoms with E-state index in [4.69, 9.17) is 0 Å². The van der Waals surface area contributed by atoms with Crippen molar-refractivity contribution in [1.82, 2.24) is 0 Å². The van der Waals surface area contributed by atoms with E-state index in [9.17, 15) is 5.11 Å². The maximum Gasteiger partial charge on any atom is 0.0792 e. The Labute approximate surface area is 107 Å². The molecule has 0 heterocycles. The molecule has 1 rings (SSSR count). The van der Waals surface area contributed by atoms with E-state index in [0.717, 1.165) is 16.5 Å². The van der Waals surface area contributed by atoms with Crippen LogP contribution in [0.5, 0.6) is 0 Å². The summed E-state index contributed by atoms with van der Waals surface area (Å²) in [5.41, 5.74) is 2.21. The number of rotatable bonds is 5. The molecule has 0 fully saturated rings. The molecule has 0 aliphatic heterocycles. The van der Waals surface area contributed by atoms with E-state index in [1.807, 2.05) is 12.1 Å². The highest BCUT2D eigenvalue weighted by atomic mass is 79.9. The predicted molar refractivity (Wildman–Crippen MR) is 72.5 cm³/mol. The second-order valence-electron chi connectivity index (χ2n) is 4.65. The zero-order valence-corrected chi connectivity index (χ0v) is 11.9. The summed E-state index contributed by atoms with van der Waals surface area (Å²) in [4.78, 5) is 0. The van der Waals surface area contributed by atoms with E-state index < -0.39 is 0 Å². The fraction of sp³-hybridized carbons (Fsp3) is 0.571. The van der Waals surface area contributed by atoms with Gasteiger partial charge in [-0.05, 0) is 36.5 Å². The van der Waals surface area contributed by atoms with Crippen LogP contribution in [0.15, 0.2) is 22.7 Å². The SMILES string of the molecule is CCCC(C)CC(O)c1ccc(Br)c(C)c1. The lowest BCUT2D eigenvalue weighted by atomic mass is 9.94. The van der Waals surface area contributed by atoms with E-state index in [0.29, 0.717) is 5.92 Å². The van der Waals surface area contributed by atoms with Crippen molar-refractivity contribution in [3.8, 4) is 0 Å². The van der Waals surface area contributed by atoms with Crippen LogP contribution in [0.1, 0.15) is 50.3 Å². The van der Waals surface area contributed by atoms with E-state index in [1.165, 1.54) is 18.4 Å².